The van der Waals surface area contributed by atoms with E-state index >= 15 is 0 Å². The first-order valence-corrected chi connectivity index (χ1v) is 7.35. The molecule has 0 spiro atoms. The predicted molar refractivity (Wildman–Crippen MR) is 79.6 cm³/mol. The first-order chi connectivity index (χ1) is 9.25. The number of para-hydroxylation sites is 1. The van der Waals surface area contributed by atoms with E-state index in [0.29, 0.717) is 6.10 Å². The maximum Gasteiger partial charge on any atom is 0.124 e. The van der Waals surface area contributed by atoms with Gasteiger partial charge in [0.1, 0.15) is 5.75 Å². The van der Waals surface area contributed by atoms with Gasteiger partial charge in [0, 0.05) is 25.2 Å². The van der Waals surface area contributed by atoms with Crippen LogP contribution < -0.4 is 22.5 Å². The molecule has 3 nitrogen and oxygen atoms in total. The smallest absolute Gasteiger partial charge is 0.124 e. The van der Waals surface area contributed by atoms with E-state index in [1.54, 1.807) is 0 Å². The molecule has 1 saturated carbocycles. The molecule has 1 aliphatic rings. The van der Waals surface area contributed by atoms with Crippen LogP contribution in [0.5, 0.6) is 5.75 Å². The Bertz CT molecular complexity index is 378. The highest BCUT2D eigenvalue weighted by atomic mass is 35.5. The van der Waals surface area contributed by atoms with Gasteiger partial charge in [0.15, 0.2) is 0 Å². The molecule has 1 aliphatic carbocycles. The van der Waals surface area contributed by atoms with Gasteiger partial charge in [0.25, 0.3) is 0 Å². The molecule has 4 heteroatoms. The van der Waals surface area contributed by atoms with Crippen LogP contribution in [0.15, 0.2) is 24.3 Å². The minimum Gasteiger partial charge on any atom is -1.00 e. The van der Waals surface area contributed by atoms with Crippen molar-refractivity contribution in [2.45, 2.75) is 38.3 Å². The molecule has 0 heterocycles. The zero-order valence-electron chi connectivity index (χ0n) is 12.6. The molecule has 0 saturated heterocycles. The molecule has 20 heavy (non-hydrogen) atoms. The Morgan fingerprint density at radius 2 is 1.90 bits per heavy atom. The first-order valence-electron chi connectivity index (χ1n) is 7.35. The lowest BCUT2D eigenvalue weighted by atomic mass is 10.2. The Hall–Kier alpha value is -0.770. The van der Waals surface area contributed by atoms with Gasteiger partial charge in [-0.3, -0.25) is 0 Å². The van der Waals surface area contributed by atoms with Gasteiger partial charge >= 0.3 is 0 Å². The highest BCUT2D eigenvalue weighted by Crippen LogP contribution is 2.26. The molecule has 114 valence electrons. The molecular formula is C16H26ClN2O-. The lowest BCUT2D eigenvalue weighted by Crippen LogP contribution is -3.00. The normalized spacial score (nSPS) is 15.3. The summed E-state index contributed by atoms with van der Waals surface area (Å²) in [6.45, 7) is 2.95. The quantitative estimate of drug-likeness (QED) is 0.697. The molecule has 1 aromatic carbocycles. The monoisotopic (exact) mass is 297 g/mol. The van der Waals surface area contributed by atoms with Crippen LogP contribution in [0.1, 0.15) is 31.2 Å². The molecule has 1 aromatic rings. The van der Waals surface area contributed by atoms with Crippen molar-refractivity contribution in [1.82, 2.24) is 10.2 Å². The van der Waals surface area contributed by atoms with Gasteiger partial charge in [-0.05, 0) is 45.8 Å². The molecule has 0 aromatic heterocycles. The van der Waals surface area contributed by atoms with Gasteiger partial charge in [0.2, 0.25) is 0 Å². The minimum absolute atomic E-state index is 0. The molecule has 0 atom stereocenters. The van der Waals surface area contributed by atoms with Crippen LogP contribution >= 0.6 is 0 Å². The van der Waals surface area contributed by atoms with Crippen molar-refractivity contribution in [2.75, 3.05) is 27.2 Å². The number of halogens is 1. The Morgan fingerprint density at radius 3 is 2.60 bits per heavy atom. The van der Waals surface area contributed by atoms with E-state index in [4.69, 9.17) is 4.74 Å². The largest absolute Gasteiger partial charge is 1.00 e. The Balaban J connectivity index is 0.00000200. The van der Waals surface area contributed by atoms with E-state index in [9.17, 15) is 0 Å². The lowest BCUT2D eigenvalue weighted by Gasteiger charge is -2.17. The van der Waals surface area contributed by atoms with Crippen LogP contribution in [0.25, 0.3) is 0 Å². The fourth-order valence-corrected chi connectivity index (χ4v) is 2.48. The average Bonchev–Trinajstić information content (AvgIpc) is 2.89. The van der Waals surface area contributed by atoms with E-state index in [0.717, 1.165) is 25.4 Å². The van der Waals surface area contributed by atoms with Crippen molar-refractivity contribution < 1.29 is 17.1 Å². The van der Waals surface area contributed by atoms with Crippen molar-refractivity contribution in [3.63, 3.8) is 0 Å². The maximum absolute atomic E-state index is 6.13. The summed E-state index contributed by atoms with van der Waals surface area (Å²) in [5.41, 5.74) is 1.27. The van der Waals surface area contributed by atoms with Crippen LogP contribution in [0, 0.1) is 0 Å². The van der Waals surface area contributed by atoms with Gasteiger partial charge in [-0.2, -0.15) is 0 Å². The van der Waals surface area contributed by atoms with Crippen molar-refractivity contribution in [3.05, 3.63) is 29.8 Å². The number of benzene rings is 1. The summed E-state index contributed by atoms with van der Waals surface area (Å²) in [6.07, 6.45) is 5.48. The van der Waals surface area contributed by atoms with Crippen LogP contribution in [-0.4, -0.2) is 38.2 Å². The second kappa shape index (κ2) is 9.22. The maximum atomic E-state index is 6.13. The van der Waals surface area contributed by atoms with Gasteiger partial charge in [-0.25, -0.2) is 0 Å². The molecule has 0 unspecified atom stereocenters. The van der Waals surface area contributed by atoms with Gasteiger partial charge < -0.3 is 27.4 Å². The second-order valence-electron chi connectivity index (χ2n) is 5.61. The number of rotatable bonds is 7. The summed E-state index contributed by atoms with van der Waals surface area (Å²) in [6, 6.07) is 8.41. The van der Waals surface area contributed by atoms with Gasteiger partial charge in [-0.1, -0.05) is 18.2 Å². The summed E-state index contributed by atoms with van der Waals surface area (Å²) in [5, 5.41) is 3.48. The molecule has 1 N–H and O–H groups in total. The molecule has 0 amide bonds. The first kappa shape index (κ1) is 17.3. The SMILES string of the molecule is CN(C)CCNCc1ccccc1OC1CCCC1.[Cl-]. The van der Waals surface area contributed by atoms with Crippen molar-refractivity contribution in [3.8, 4) is 5.75 Å². The zero-order valence-corrected chi connectivity index (χ0v) is 13.3. The summed E-state index contributed by atoms with van der Waals surface area (Å²) in [4.78, 5) is 2.19. The van der Waals surface area contributed by atoms with Crippen LogP contribution in [0.2, 0.25) is 0 Å². The molecule has 1 fully saturated rings. The molecular weight excluding hydrogens is 272 g/mol. The molecule has 0 radical (unpaired) electrons. The standard InChI is InChI=1S/C16H26N2O.ClH/c1-18(2)12-11-17-13-14-7-3-6-10-16(14)19-15-8-4-5-9-15;/h3,6-7,10,15,17H,4-5,8-9,11-13H2,1-2H3;1H/p-1. The van der Waals surface area contributed by atoms with Crippen molar-refractivity contribution in [1.29, 1.82) is 0 Å². The second-order valence-corrected chi connectivity index (χ2v) is 5.61. The van der Waals surface area contributed by atoms with Gasteiger partial charge in [-0.15, -0.1) is 0 Å². The Morgan fingerprint density at radius 1 is 1.20 bits per heavy atom. The average molecular weight is 298 g/mol. The van der Waals surface area contributed by atoms with E-state index in [2.05, 4.69) is 48.6 Å². The van der Waals surface area contributed by atoms with E-state index < -0.39 is 0 Å². The highest BCUT2D eigenvalue weighted by Gasteiger charge is 2.17. The fraction of sp³-hybridized carbons (Fsp3) is 0.625. The highest BCUT2D eigenvalue weighted by molar-refractivity contribution is 5.33. The summed E-state index contributed by atoms with van der Waals surface area (Å²) >= 11 is 0. The van der Waals surface area contributed by atoms with E-state index in [-0.39, 0.29) is 12.4 Å². The minimum atomic E-state index is 0. The molecule has 0 bridgehead atoms. The zero-order chi connectivity index (χ0) is 13.5. The lowest BCUT2D eigenvalue weighted by molar-refractivity contribution is -0.00000502. The summed E-state index contributed by atoms with van der Waals surface area (Å²) in [7, 11) is 4.19. The third-order valence-corrected chi connectivity index (χ3v) is 3.62. The van der Waals surface area contributed by atoms with Gasteiger partial charge in [0.05, 0.1) is 6.10 Å². The molecule has 0 aliphatic heterocycles. The van der Waals surface area contributed by atoms with Crippen LogP contribution in [0.4, 0.5) is 0 Å². The number of hydrogen-bond acceptors (Lipinski definition) is 3. The Labute approximate surface area is 129 Å². The summed E-state index contributed by atoms with van der Waals surface area (Å²) < 4.78 is 6.13. The summed E-state index contributed by atoms with van der Waals surface area (Å²) in [5.74, 6) is 1.06. The van der Waals surface area contributed by atoms with Crippen LogP contribution in [-0.2, 0) is 6.54 Å². The topological polar surface area (TPSA) is 24.5 Å². The van der Waals surface area contributed by atoms with E-state index in [1.165, 1.54) is 31.2 Å². The number of ether oxygens (including phenoxy) is 1. The van der Waals surface area contributed by atoms with E-state index in [1.807, 2.05) is 0 Å². The Kier molecular flexibility index (Phi) is 7.97. The molecule has 2 rings (SSSR count). The van der Waals surface area contributed by atoms with Crippen LogP contribution in [0.3, 0.4) is 0 Å². The number of hydrogen-bond donors (Lipinski definition) is 1. The predicted octanol–water partition coefficient (Wildman–Crippen LogP) is -0.337. The van der Waals surface area contributed by atoms with Crippen molar-refractivity contribution >= 4 is 0 Å². The third kappa shape index (κ3) is 5.70. The third-order valence-electron chi connectivity index (χ3n) is 3.62. The number of likely N-dealkylation sites (N-methyl/N-ethyl adjacent to an activating group) is 1. The number of nitrogens with one attached hydrogen (secondary N) is 1. The van der Waals surface area contributed by atoms with Crippen molar-refractivity contribution in [2.24, 2.45) is 0 Å². The number of nitrogens with zero attached hydrogens (tertiary/aromatic N) is 1. The fourth-order valence-electron chi connectivity index (χ4n) is 2.48.